The molecular formula is C17H15FO5. The molecule has 0 atom stereocenters. The van der Waals surface area contributed by atoms with Crippen molar-refractivity contribution < 1.29 is 27.9 Å². The van der Waals surface area contributed by atoms with Crippen molar-refractivity contribution in [2.75, 3.05) is 7.11 Å². The first-order valence-corrected chi connectivity index (χ1v) is 6.77. The van der Waals surface area contributed by atoms with Crippen molar-refractivity contribution >= 4 is 18.0 Å². The molecule has 0 bridgehead atoms. The number of ether oxygens (including phenoxy) is 2. The minimum Gasteiger partial charge on any atom is -0.465 e. The lowest BCUT2D eigenvalue weighted by Crippen LogP contribution is -2.01. The second-order valence-electron chi connectivity index (χ2n) is 4.67. The van der Waals surface area contributed by atoms with E-state index in [1.165, 1.54) is 49.6 Å². The number of benzene rings is 1. The van der Waals surface area contributed by atoms with Gasteiger partial charge in [-0.05, 0) is 36.8 Å². The molecule has 0 aliphatic carbocycles. The Labute approximate surface area is 132 Å². The molecule has 0 saturated heterocycles. The summed E-state index contributed by atoms with van der Waals surface area (Å²) in [5, 5.41) is 0. The highest BCUT2D eigenvalue weighted by Crippen LogP contribution is 2.16. The minimum atomic E-state index is -0.581. The van der Waals surface area contributed by atoms with E-state index in [0.717, 1.165) is 0 Å². The molecular weight excluding hydrogens is 303 g/mol. The lowest BCUT2D eigenvalue weighted by atomic mass is 10.2. The summed E-state index contributed by atoms with van der Waals surface area (Å²) in [6.45, 7) is 1.51. The number of halogens is 1. The second kappa shape index (κ2) is 7.40. The minimum absolute atomic E-state index is 0.107. The summed E-state index contributed by atoms with van der Waals surface area (Å²) in [5.74, 6) is -0.710. The Bertz CT molecular complexity index is 728. The molecule has 1 aromatic carbocycles. The normalized spacial score (nSPS) is 10.7. The van der Waals surface area contributed by atoms with Gasteiger partial charge in [0.1, 0.15) is 29.5 Å². The predicted molar refractivity (Wildman–Crippen MR) is 80.0 cm³/mol. The zero-order valence-corrected chi connectivity index (χ0v) is 12.7. The van der Waals surface area contributed by atoms with Crippen LogP contribution in [0.25, 0.3) is 6.08 Å². The fourth-order valence-corrected chi connectivity index (χ4v) is 1.86. The molecule has 0 unspecified atom stereocenters. The first-order valence-electron chi connectivity index (χ1n) is 6.77. The molecule has 6 heteroatoms. The summed E-state index contributed by atoms with van der Waals surface area (Å²) < 4.78 is 27.7. The third-order valence-electron chi connectivity index (χ3n) is 3.01. The molecule has 2 aromatic rings. The molecule has 2 rings (SSSR count). The van der Waals surface area contributed by atoms with E-state index >= 15 is 0 Å². The van der Waals surface area contributed by atoms with Gasteiger partial charge < -0.3 is 13.9 Å². The Balaban J connectivity index is 1.91. The number of rotatable bonds is 5. The molecule has 0 N–H and O–H groups in total. The van der Waals surface area contributed by atoms with Crippen LogP contribution in [0.3, 0.4) is 0 Å². The van der Waals surface area contributed by atoms with E-state index in [2.05, 4.69) is 4.74 Å². The molecule has 0 amide bonds. The number of esters is 2. The van der Waals surface area contributed by atoms with Crippen LogP contribution in [0, 0.1) is 12.7 Å². The summed E-state index contributed by atoms with van der Waals surface area (Å²) in [4.78, 5) is 23.1. The molecule has 1 aromatic heterocycles. The average Bonchev–Trinajstić information content (AvgIpc) is 2.92. The molecule has 0 fully saturated rings. The molecule has 0 radical (unpaired) electrons. The van der Waals surface area contributed by atoms with Crippen molar-refractivity contribution in [2.24, 2.45) is 0 Å². The maximum atomic E-state index is 12.8. The van der Waals surface area contributed by atoms with E-state index in [4.69, 9.17) is 9.15 Å². The third-order valence-corrected chi connectivity index (χ3v) is 3.01. The Morgan fingerprint density at radius 2 is 1.96 bits per heavy atom. The van der Waals surface area contributed by atoms with Gasteiger partial charge in [0.15, 0.2) is 0 Å². The van der Waals surface area contributed by atoms with Gasteiger partial charge in [-0.15, -0.1) is 0 Å². The standard InChI is InChI=1S/C17H15FO5/c1-11-15(17(20)21-2)9-14(23-11)10-22-16(19)8-5-12-3-6-13(18)7-4-12/h3-9H,10H2,1-2H3. The first kappa shape index (κ1) is 16.5. The van der Waals surface area contributed by atoms with Crippen LogP contribution in [0.2, 0.25) is 0 Å². The van der Waals surface area contributed by atoms with Gasteiger partial charge in [0, 0.05) is 6.08 Å². The zero-order chi connectivity index (χ0) is 16.8. The molecule has 0 spiro atoms. The van der Waals surface area contributed by atoms with Crippen molar-refractivity contribution in [3.63, 3.8) is 0 Å². The summed E-state index contributed by atoms with van der Waals surface area (Å²) in [7, 11) is 1.27. The Morgan fingerprint density at radius 1 is 1.26 bits per heavy atom. The highest BCUT2D eigenvalue weighted by Gasteiger charge is 2.15. The van der Waals surface area contributed by atoms with Gasteiger partial charge in [-0.3, -0.25) is 0 Å². The molecule has 120 valence electrons. The van der Waals surface area contributed by atoms with Crippen LogP contribution in [0.4, 0.5) is 4.39 Å². The van der Waals surface area contributed by atoms with Crippen LogP contribution in [-0.4, -0.2) is 19.0 Å². The summed E-state index contributed by atoms with van der Waals surface area (Å²) in [6.07, 6.45) is 2.74. The molecule has 23 heavy (non-hydrogen) atoms. The van der Waals surface area contributed by atoms with Gasteiger partial charge >= 0.3 is 11.9 Å². The topological polar surface area (TPSA) is 65.7 Å². The Kier molecular flexibility index (Phi) is 5.30. The smallest absolute Gasteiger partial charge is 0.341 e. The van der Waals surface area contributed by atoms with Crippen molar-refractivity contribution in [2.45, 2.75) is 13.5 Å². The lowest BCUT2D eigenvalue weighted by molar-refractivity contribution is -0.139. The van der Waals surface area contributed by atoms with E-state index in [1.807, 2.05) is 0 Å². The van der Waals surface area contributed by atoms with Crippen molar-refractivity contribution in [3.8, 4) is 0 Å². The summed E-state index contributed by atoms with van der Waals surface area (Å²) >= 11 is 0. The number of carbonyl (C=O) groups is 2. The van der Waals surface area contributed by atoms with Gasteiger partial charge in [-0.25, -0.2) is 14.0 Å². The third kappa shape index (κ3) is 4.54. The van der Waals surface area contributed by atoms with Gasteiger partial charge in [-0.2, -0.15) is 0 Å². The fraction of sp³-hybridized carbons (Fsp3) is 0.176. The van der Waals surface area contributed by atoms with Crippen molar-refractivity contribution in [1.82, 2.24) is 0 Å². The Hall–Kier alpha value is -2.89. The van der Waals surface area contributed by atoms with Gasteiger partial charge in [0.05, 0.1) is 7.11 Å². The van der Waals surface area contributed by atoms with Gasteiger partial charge in [0.25, 0.3) is 0 Å². The van der Waals surface area contributed by atoms with Crippen LogP contribution < -0.4 is 0 Å². The summed E-state index contributed by atoms with van der Waals surface area (Å²) in [6, 6.07) is 7.14. The number of carbonyl (C=O) groups excluding carboxylic acids is 2. The van der Waals surface area contributed by atoms with Gasteiger partial charge in [0.2, 0.25) is 0 Å². The van der Waals surface area contributed by atoms with Crippen LogP contribution in [-0.2, 0) is 20.9 Å². The Morgan fingerprint density at radius 3 is 2.61 bits per heavy atom. The van der Waals surface area contributed by atoms with Gasteiger partial charge in [-0.1, -0.05) is 12.1 Å². The van der Waals surface area contributed by atoms with E-state index in [1.54, 1.807) is 6.92 Å². The largest absolute Gasteiger partial charge is 0.465 e. The highest BCUT2D eigenvalue weighted by molar-refractivity contribution is 5.90. The second-order valence-corrected chi connectivity index (χ2v) is 4.67. The molecule has 5 nitrogen and oxygen atoms in total. The number of methoxy groups -OCH3 is 1. The van der Waals surface area contributed by atoms with E-state index in [9.17, 15) is 14.0 Å². The maximum absolute atomic E-state index is 12.8. The summed E-state index contributed by atoms with van der Waals surface area (Å²) in [5.41, 5.74) is 0.963. The first-order chi connectivity index (χ1) is 11.0. The fourth-order valence-electron chi connectivity index (χ4n) is 1.86. The number of hydrogen-bond donors (Lipinski definition) is 0. The molecule has 0 saturated carbocycles. The number of furan rings is 1. The molecule has 1 heterocycles. The van der Waals surface area contributed by atoms with Crippen LogP contribution >= 0.6 is 0 Å². The zero-order valence-electron chi connectivity index (χ0n) is 12.7. The molecule has 0 aliphatic heterocycles. The highest BCUT2D eigenvalue weighted by atomic mass is 19.1. The number of hydrogen-bond acceptors (Lipinski definition) is 5. The van der Waals surface area contributed by atoms with E-state index in [0.29, 0.717) is 22.6 Å². The predicted octanol–water partition coefficient (Wildman–Crippen LogP) is 3.27. The van der Waals surface area contributed by atoms with Crippen LogP contribution in [0.5, 0.6) is 0 Å². The van der Waals surface area contributed by atoms with Crippen LogP contribution in [0.1, 0.15) is 27.4 Å². The van der Waals surface area contributed by atoms with Crippen LogP contribution in [0.15, 0.2) is 40.8 Å². The average molecular weight is 318 g/mol. The quantitative estimate of drug-likeness (QED) is 0.625. The van der Waals surface area contributed by atoms with E-state index < -0.39 is 11.9 Å². The van der Waals surface area contributed by atoms with E-state index in [-0.39, 0.29) is 12.4 Å². The molecule has 0 aliphatic rings. The SMILES string of the molecule is COC(=O)c1cc(COC(=O)C=Cc2ccc(F)cc2)oc1C. The van der Waals surface area contributed by atoms with Crippen molar-refractivity contribution in [1.29, 1.82) is 0 Å². The number of aryl methyl sites for hydroxylation is 1. The maximum Gasteiger partial charge on any atom is 0.341 e. The monoisotopic (exact) mass is 318 g/mol. The lowest BCUT2D eigenvalue weighted by Gasteiger charge is -1.98. The van der Waals surface area contributed by atoms with Crippen molar-refractivity contribution in [3.05, 3.63) is 64.9 Å².